The average Bonchev–Trinajstić information content (AvgIpc) is 3.02. The smallest absolute Gasteiger partial charge is 0.254 e. The van der Waals surface area contributed by atoms with Crippen LogP contribution in [0.3, 0.4) is 0 Å². The average molecular weight is 327 g/mol. The molecule has 3 aromatic rings. The Kier molecular flexibility index (Phi) is 4.40. The summed E-state index contributed by atoms with van der Waals surface area (Å²) in [6.07, 6.45) is 2.42. The van der Waals surface area contributed by atoms with Crippen LogP contribution < -0.4 is 10.5 Å². The molecule has 3 rings (SSSR count). The van der Waals surface area contributed by atoms with E-state index in [4.69, 9.17) is 4.74 Å². The lowest BCUT2D eigenvalue weighted by molar-refractivity contribution is 0.181. The fourth-order valence-electron chi connectivity index (χ4n) is 2.51. The van der Waals surface area contributed by atoms with Crippen molar-refractivity contribution in [3.8, 4) is 0 Å². The van der Waals surface area contributed by atoms with Gasteiger partial charge in [0.05, 0.1) is 12.3 Å². The number of ether oxygens (including phenoxy) is 1. The SMILES string of the molecule is COCc1cc(NC[Si](C)(C)c2ccccc2)n2ncnc2n1. The Balaban J connectivity index is 1.85. The Labute approximate surface area is 136 Å². The van der Waals surface area contributed by atoms with Crippen molar-refractivity contribution in [2.45, 2.75) is 19.7 Å². The molecule has 0 saturated heterocycles. The van der Waals surface area contributed by atoms with Crippen LogP contribution in [0.1, 0.15) is 5.69 Å². The molecular weight excluding hydrogens is 306 g/mol. The summed E-state index contributed by atoms with van der Waals surface area (Å²) in [5.74, 6) is 1.48. The summed E-state index contributed by atoms with van der Waals surface area (Å²) in [5.41, 5.74) is 0.842. The summed E-state index contributed by atoms with van der Waals surface area (Å²) in [4.78, 5) is 8.61. The fourth-order valence-corrected chi connectivity index (χ4v) is 4.43. The number of benzene rings is 1. The number of methoxy groups -OCH3 is 1. The third-order valence-electron chi connectivity index (χ3n) is 3.86. The molecule has 0 saturated carbocycles. The van der Waals surface area contributed by atoms with Crippen molar-refractivity contribution >= 4 is 24.9 Å². The van der Waals surface area contributed by atoms with Gasteiger partial charge in [-0.1, -0.05) is 48.6 Å². The van der Waals surface area contributed by atoms with Gasteiger partial charge < -0.3 is 10.1 Å². The quantitative estimate of drug-likeness (QED) is 0.700. The van der Waals surface area contributed by atoms with E-state index in [2.05, 4.69) is 63.8 Å². The number of hydrogen-bond acceptors (Lipinski definition) is 5. The first kappa shape index (κ1) is 15.6. The van der Waals surface area contributed by atoms with Crippen molar-refractivity contribution in [2.24, 2.45) is 0 Å². The van der Waals surface area contributed by atoms with Crippen LogP contribution in [0.2, 0.25) is 13.1 Å². The molecule has 23 heavy (non-hydrogen) atoms. The zero-order valence-electron chi connectivity index (χ0n) is 13.7. The number of aromatic nitrogens is 4. The second-order valence-electron chi connectivity index (χ2n) is 6.14. The van der Waals surface area contributed by atoms with Crippen LogP contribution in [-0.4, -0.2) is 40.9 Å². The van der Waals surface area contributed by atoms with Gasteiger partial charge >= 0.3 is 0 Å². The van der Waals surface area contributed by atoms with E-state index in [-0.39, 0.29) is 0 Å². The van der Waals surface area contributed by atoms with E-state index in [0.717, 1.165) is 17.7 Å². The number of fused-ring (bicyclic) bond motifs is 1. The lowest BCUT2D eigenvalue weighted by atomic mass is 10.4. The van der Waals surface area contributed by atoms with Crippen molar-refractivity contribution < 1.29 is 4.74 Å². The zero-order chi connectivity index (χ0) is 16.3. The standard InChI is InChI=1S/C16H21N5OSi/c1-22-10-13-9-15(21-16(20-13)17-11-19-21)18-12-23(2,3)14-7-5-4-6-8-14/h4-9,11,18H,10,12H2,1-3H3. The van der Waals surface area contributed by atoms with Crippen molar-refractivity contribution in [1.29, 1.82) is 0 Å². The Morgan fingerprint density at radius 3 is 2.74 bits per heavy atom. The Hall–Kier alpha value is -2.25. The zero-order valence-corrected chi connectivity index (χ0v) is 14.7. The van der Waals surface area contributed by atoms with Crippen LogP contribution in [0.15, 0.2) is 42.7 Å². The van der Waals surface area contributed by atoms with Crippen LogP contribution in [0.5, 0.6) is 0 Å². The van der Waals surface area contributed by atoms with Gasteiger partial charge in [0, 0.05) is 19.3 Å². The maximum Gasteiger partial charge on any atom is 0.254 e. The van der Waals surface area contributed by atoms with Crippen LogP contribution in [0.4, 0.5) is 5.82 Å². The van der Waals surface area contributed by atoms with Crippen molar-refractivity contribution in [2.75, 3.05) is 18.6 Å². The van der Waals surface area contributed by atoms with Gasteiger partial charge in [0.2, 0.25) is 0 Å². The van der Waals surface area contributed by atoms with Gasteiger partial charge in [0.15, 0.2) is 0 Å². The number of hydrogen-bond donors (Lipinski definition) is 1. The molecule has 120 valence electrons. The summed E-state index contributed by atoms with van der Waals surface area (Å²) < 4.78 is 6.91. The third-order valence-corrected chi connectivity index (χ3v) is 6.82. The maximum absolute atomic E-state index is 5.18. The van der Waals surface area contributed by atoms with E-state index in [0.29, 0.717) is 12.4 Å². The molecule has 0 aliphatic carbocycles. The molecule has 2 heterocycles. The fraction of sp³-hybridized carbons (Fsp3) is 0.312. The highest BCUT2D eigenvalue weighted by atomic mass is 28.3. The lowest BCUT2D eigenvalue weighted by Gasteiger charge is -2.24. The van der Waals surface area contributed by atoms with Crippen LogP contribution in [0, 0.1) is 0 Å². The molecule has 1 N–H and O–H groups in total. The predicted molar refractivity (Wildman–Crippen MR) is 93.5 cm³/mol. The summed E-state index contributed by atoms with van der Waals surface area (Å²) >= 11 is 0. The van der Waals surface area contributed by atoms with E-state index >= 15 is 0 Å². The first-order chi connectivity index (χ1) is 11.1. The molecule has 1 aromatic carbocycles. The molecule has 0 atom stereocenters. The number of rotatable bonds is 6. The normalized spacial score (nSPS) is 11.8. The highest BCUT2D eigenvalue weighted by Gasteiger charge is 2.23. The van der Waals surface area contributed by atoms with E-state index < -0.39 is 8.07 Å². The first-order valence-corrected chi connectivity index (χ1v) is 10.8. The topological polar surface area (TPSA) is 64.3 Å². The van der Waals surface area contributed by atoms with Gasteiger partial charge in [-0.25, -0.2) is 4.98 Å². The molecule has 0 aliphatic heterocycles. The molecule has 7 heteroatoms. The molecule has 0 radical (unpaired) electrons. The summed E-state index contributed by atoms with van der Waals surface area (Å²) in [6.45, 7) is 5.16. The molecule has 0 aliphatic rings. The Bertz CT molecular complexity index is 788. The van der Waals surface area contributed by atoms with Gasteiger partial charge in [-0.05, 0) is 0 Å². The second-order valence-corrected chi connectivity index (χ2v) is 10.8. The minimum absolute atomic E-state index is 0.456. The minimum atomic E-state index is -1.59. The number of nitrogens with one attached hydrogen (secondary N) is 1. The van der Waals surface area contributed by atoms with Gasteiger partial charge in [0.25, 0.3) is 5.78 Å². The molecule has 0 fully saturated rings. The van der Waals surface area contributed by atoms with Gasteiger partial charge in [-0.2, -0.15) is 14.6 Å². The van der Waals surface area contributed by atoms with E-state index in [1.54, 1.807) is 11.6 Å². The van der Waals surface area contributed by atoms with Crippen molar-refractivity contribution in [1.82, 2.24) is 19.6 Å². The monoisotopic (exact) mass is 327 g/mol. The lowest BCUT2D eigenvalue weighted by Crippen LogP contribution is -2.48. The van der Waals surface area contributed by atoms with E-state index in [9.17, 15) is 0 Å². The van der Waals surface area contributed by atoms with Crippen LogP contribution in [-0.2, 0) is 11.3 Å². The van der Waals surface area contributed by atoms with E-state index in [1.807, 2.05) is 6.07 Å². The highest BCUT2D eigenvalue weighted by Crippen LogP contribution is 2.13. The largest absolute Gasteiger partial charge is 0.378 e. The van der Waals surface area contributed by atoms with Gasteiger partial charge in [0.1, 0.15) is 20.2 Å². The summed E-state index contributed by atoms with van der Waals surface area (Å²) in [6, 6.07) is 12.6. The van der Waals surface area contributed by atoms with E-state index in [1.165, 1.54) is 11.5 Å². The first-order valence-electron chi connectivity index (χ1n) is 7.58. The molecular formula is C16H21N5OSi. The predicted octanol–water partition coefficient (Wildman–Crippen LogP) is 1.84. The summed E-state index contributed by atoms with van der Waals surface area (Å²) in [7, 11) is 0.0716. The minimum Gasteiger partial charge on any atom is -0.378 e. The molecule has 0 spiro atoms. The van der Waals surface area contributed by atoms with Gasteiger partial charge in [-0.15, -0.1) is 0 Å². The maximum atomic E-state index is 5.18. The Morgan fingerprint density at radius 1 is 1.22 bits per heavy atom. The third kappa shape index (κ3) is 3.40. The summed E-state index contributed by atoms with van der Waals surface area (Å²) in [5, 5.41) is 9.21. The van der Waals surface area contributed by atoms with Crippen molar-refractivity contribution in [3.05, 3.63) is 48.4 Å². The highest BCUT2D eigenvalue weighted by molar-refractivity contribution is 6.90. The Morgan fingerprint density at radius 2 is 2.00 bits per heavy atom. The van der Waals surface area contributed by atoms with Crippen LogP contribution in [0.25, 0.3) is 5.78 Å². The molecule has 2 aromatic heterocycles. The molecule has 0 bridgehead atoms. The van der Waals surface area contributed by atoms with Crippen molar-refractivity contribution in [3.63, 3.8) is 0 Å². The molecule has 6 nitrogen and oxygen atoms in total. The number of nitrogens with zero attached hydrogens (tertiary/aromatic N) is 4. The number of anilines is 1. The van der Waals surface area contributed by atoms with Crippen LogP contribution >= 0.6 is 0 Å². The van der Waals surface area contributed by atoms with Gasteiger partial charge in [-0.3, -0.25) is 0 Å². The molecule has 0 unspecified atom stereocenters. The second kappa shape index (κ2) is 6.47. The molecule has 0 amide bonds.